The van der Waals surface area contributed by atoms with Crippen LogP contribution in [-0.2, 0) is 0 Å². The van der Waals surface area contributed by atoms with Gasteiger partial charge < -0.3 is 10.4 Å². The van der Waals surface area contributed by atoms with E-state index in [4.69, 9.17) is 28.3 Å². The minimum atomic E-state index is -0.0733. The average Bonchev–Trinajstić information content (AvgIpc) is 2.01. The summed E-state index contributed by atoms with van der Waals surface area (Å²) in [6.45, 7) is 1.54. The van der Waals surface area contributed by atoms with Crippen LogP contribution in [0.15, 0.2) is 10.6 Å². The van der Waals surface area contributed by atoms with E-state index in [1.54, 1.807) is 0 Å². The normalized spacial score (nSPS) is 30.1. The van der Waals surface area contributed by atoms with E-state index in [0.717, 1.165) is 19.4 Å². The van der Waals surface area contributed by atoms with Crippen LogP contribution >= 0.6 is 23.2 Å². The molecule has 1 aliphatic carbocycles. The molecule has 0 bridgehead atoms. The number of hydrogen-bond donors (Lipinski definition) is 2. The van der Waals surface area contributed by atoms with Gasteiger partial charge in [-0.2, -0.15) is 0 Å². The summed E-state index contributed by atoms with van der Waals surface area (Å²) < 4.78 is 0. The van der Waals surface area contributed by atoms with Gasteiger partial charge in [0.25, 0.3) is 0 Å². The molecule has 0 atom stereocenters. The lowest BCUT2D eigenvalue weighted by molar-refractivity contribution is 0.0435. The van der Waals surface area contributed by atoms with Crippen molar-refractivity contribution >= 4 is 23.2 Å². The second-order valence-corrected chi connectivity index (χ2v) is 3.88. The largest absolute Gasteiger partial charge is 0.393 e. The highest BCUT2D eigenvalue weighted by molar-refractivity contribution is 6.36. The Balaban J connectivity index is 1.96. The number of hydrogen-bond acceptors (Lipinski definition) is 2. The van der Waals surface area contributed by atoms with Crippen molar-refractivity contribution in [3.8, 4) is 0 Å². The molecule has 12 heavy (non-hydrogen) atoms. The minimum absolute atomic E-state index is 0.0733. The van der Waals surface area contributed by atoms with Gasteiger partial charge in [-0.3, -0.25) is 0 Å². The summed E-state index contributed by atoms with van der Waals surface area (Å²) in [7, 11) is 0. The van der Waals surface area contributed by atoms with Gasteiger partial charge in [-0.15, -0.1) is 0 Å². The molecule has 0 spiro atoms. The van der Waals surface area contributed by atoms with E-state index >= 15 is 0 Å². The molecule has 2 nitrogen and oxygen atoms in total. The lowest BCUT2D eigenvalue weighted by Gasteiger charge is -2.31. The lowest BCUT2D eigenvalue weighted by atomic mass is 9.82. The smallest absolute Gasteiger partial charge is 0.0546 e. The van der Waals surface area contributed by atoms with Gasteiger partial charge >= 0.3 is 0 Å². The molecule has 1 fully saturated rings. The Kier molecular flexibility index (Phi) is 4.36. The zero-order chi connectivity index (χ0) is 8.97. The van der Waals surface area contributed by atoms with E-state index in [1.807, 2.05) is 0 Å². The van der Waals surface area contributed by atoms with Gasteiger partial charge in [-0.1, -0.05) is 23.2 Å². The van der Waals surface area contributed by atoms with Gasteiger partial charge in [0.2, 0.25) is 0 Å². The first-order valence-electron chi connectivity index (χ1n) is 4.06. The molecule has 70 valence electrons. The topological polar surface area (TPSA) is 32.3 Å². The van der Waals surface area contributed by atoms with Crippen molar-refractivity contribution in [3.63, 3.8) is 0 Å². The molecular weight excluding hydrogens is 197 g/mol. The van der Waals surface area contributed by atoms with Crippen LogP contribution in [0.2, 0.25) is 0 Å². The second kappa shape index (κ2) is 5.07. The van der Waals surface area contributed by atoms with Crippen LogP contribution in [0.4, 0.5) is 0 Å². The van der Waals surface area contributed by atoms with Crippen LogP contribution < -0.4 is 5.32 Å². The molecule has 0 aromatic carbocycles. The Morgan fingerprint density at radius 2 is 2.25 bits per heavy atom. The van der Waals surface area contributed by atoms with Crippen LogP contribution in [-0.4, -0.2) is 24.3 Å². The van der Waals surface area contributed by atoms with Gasteiger partial charge in [-0.25, -0.2) is 0 Å². The maximum absolute atomic E-state index is 8.99. The van der Waals surface area contributed by atoms with Gasteiger partial charge in [0.05, 0.1) is 6.10 Å². The molecule has 1 saturated carbocycles. The molecule has 0 aromatic heterocycles. The van der Waals surface area contributed by atoms with Crippen LogP contribution in [0.5, 0.6) is 0 Å². The van der Waals surface area contributed by atoms with E-state index in [0.29, 0.717) is 17.5 Å². The molecular formula is C8H13Cl2NO. The molecule has 1 rings (SSSR count). The van der Waals surface area contributed by atoms with Gasteiger partial charge in [0, 0.05) is 17.1 Å². The molecule has 0 radical (unpaired) electrons. The van der Waals surface area contributed by atoms with Crippen molar-refractivity contribution in [2.24, 2.45) is 5.92 Å². The zero-order valence-corrected chi connectivity index (χ0v) is 8.28. The molecule has 0 unspecified atom stereocenters. The third kappa shape index (κ3) is 3.31. The maximum Gasteiger partial charge on any atom is 0.0546 e. The molecule has 0 saturated heterocycles. The third-order valence-corrected chi connectivity index (χ3v) is 2.67. The SMILES string of the molecule is OC1CC(CNCC(Cl)=CCl)C1. The summed E-state index contributed by atoms with van der Waals surface area (Å²) in [5.41, 5.74) is 1.37. The van der Waals surface area contributed by atoms with Crippen LogP contribution in [0.1, 0.15) is 12.8 Å². The van der Waals surface area contributed by atoms with Crippen LogP contribution in [0.3, 0.4) is 0 Å². The molecule has 2 N–H and O–H groups in total. The molecule has 4 heteroatoms. The number of rotatable bonds is 4. The molecule has 0 aromatic rings. The van der Waals surface area contributed by atoms with Crippen molar-refractivity contribution in [2.45, 2.75) is 18.9 Å². The Hall–Kier alpha value is 0.240. The number of nitrogens with one attached hydrogen (secondary N) is 1. The van der Waals surface area contributed by atoms with Crippen molar-refractivity contribution < 1.29 is 5.11 Å². The highest BCUT2D eigenvalue weighted by atomic mass is 35.5. The monoisotopic (exact) mass is 209 g/mol. The highest BCUT2D eigenvalue weighted by Crippen LogP contribution is 2.26. The van der Waals surface area contributed by atoms with Crippen molar-refractivity contribution in [1.29, 1.82) is 0 Å². The molecule has 0 amide bonds. The Morgan fingerprint density at radius 3 is 2.75 bits per heavy atom. The fraction of sp³-hybridized carbons (Fsp3) is 0.750. The first-order chi connectivity index (χ1) is 5.72. The average molecular weight is 210 g/mol. The Morgan fingerprint density at radius 1 is 1.58 bits per heavy atom. The Labute approximate surface area is 82.5 Å². The third-order valence-electron chi connectivity index (χ3n) is 2.06. The number of aliphatic hydroxyl groups excluding tert-OH is 1. The second-order valence-electron chi connectivity index (χ2n) is 3.18. The predicted octanol–water partition coefficient (Wildman–Crippen LogP) is 1.67. The summed E-state index contributed by atoms with van der Waals surface area (Å²) in [5.74, 6) is 0.611. The Bertz CT molecular complexity index is 166. The van der Waals surface area contributed by atoms with E-state index in [2.05, 4.69) is 5.32 Å². The van der Waals surface area contributed by atoms with E-state index < -0.39 is 0 Å². The standard InChI is InChI=1S/C8H13Cl2NO/c9-3-7(10)5-11-4-6-1-8(12)2-6/h3,6,8,11-12H,1-2,4-5H2. The van der Waals surface area contributed by atoms with Gasteiger partial charge in [0.1, 0.15) is 0 Å². The van der Waals surface area contributed by atoms with E-state index in [9.17, 15) is 0 Å². The van der Waals surface area contributed by atoms with Crippen LogP contribution in [0, 0.1) is 5.92 Å². The first kappa shape index (κ1) is 10.3. The fourth-order valence-corrected chi connectivity index (χ4v) is 1.47. The highest BCUT2D eigenvalue weighted by Gasteiger charge is 2.26. The van der Waals surface area contributed by atoms with Gasteiger partial charge in [0.15, 0.2) is 0 Å². The zero-order valence-electron chi connectivity index (χ0n) is 6.76. The minimum Gasteiger partial charge on any atom is -0.393 e. The van der Waals surface area contributed by atoms with E-state index in [-0.39, 0.29) is 6.10 Å². The van der Waals surface area contributed by atoms with Crippen molar-refractivity contribution in [2.75, 3.05) is 13.1 Å². The summed E-state index contributed by atoms with van der Waals surface area (Å²) in [4.78, 5) is 0. The molecule has 0 heterocycles. The predicted molar refractivity (Wildman–Crippen MR) is 51.4 cm³/mol. The number of halogens is 2. The first-order valence-corrected chi connectivity index (χ1v) is 4.87. The summed E-state index contributed by atoms with van der Waals surface area (Å²) in [6.07, 6.45) is 1.75. The molecule has 1 aliphatic rings. The van der Waals surface area contributed by atoms with Crippen LogP contribution in [0.25, 0.3) is 0 Å². The van der Waals surface area contributed by atoms with E-state index in [1.165, 1.54) is 5.54 Å². The van der Waals surface area contributed by atoms with Crippen molar-refractivity contribution in [1.82, 2.24) is 5.32 Å². The maximum atomic E-state index is 8.99. The summed E-state index contributed by atoms with van der Waals surface area (Å²) in [6, 6.07) is 0. The summed E-state index contributed by atoms with van der Waals surface area (Å²) >= 11 is 11.0. The quantitative estimate of drug-likeness (QED) is 0.739. The van der Waals surface area contributed by atoms with Gasteiger partial charge in [-0.05, 0) is 25.3 Å². The lowest BCUT2D eigenvalue weighted by Crippen LogP contribution is -2.36. The number of aliphatic hydroxyl groups is 1. The van der Waals surface area contributed by atoms with Crippen molar-refractivity contribution in [3.05, 3.63) is 10.6 Å². The summed E-state index contributed by atoms with van der Waals surface area (Å²) in [5, 5.41) is 12.8. The fourth-order valence-electron chi connectivity index (χ4n) is 1.30. The molecule has 0 aliphatic heterocycles.